The second kappa shape index (κ2) is 6.35. The van der Waals surface area contributed by atoms with Crippen LogP contribution in [0, 0.1) is 3.57 Å². The molecular weight excluding hydrogens is 419 g/mol. The predicted octanol–water partition coefficient (Wildman–Crippen LogP) is 2.40. The van der Waals surface area contributed by atoms with Crippen LogP contribution in [0.5, 0.6) is 0 Å². The first kappa shape index (κ1) is 15.2. The normalized spacial score (nSPS) is 13.4. The van der Waals surface area contributed by atoms with E-state index in [2.05, 4.69) is 48.6 Å². The van der Waals surface area contributed by atoms with Gasteiger partial charge in [0.25, 0.3) is 0 Å². The molecule has 0 aliphatic heterocycles. The second-order valence-corrected chi connectivity index (χ2v) is 7.84. The molecule has 0 aliphatic rings. The number of hydrogen-bond donors (Lipinski definition) is 2. The van der Waals surface area contributed by atoms with Crippen molar-refractivity contribution >= 4 is 54.2 Å². The van der Waals surface area contributed by atoms with Gasteiger partial charge in [-0.05, 0) is 70.7 Å². The van der Waals surface area contributed by atoms with Crippen LogP contribution in [0.2, 0.25) is 0 Å². The van der Waals surface area contributed by atoms with E-state index in [1.165, 1.54) is 0 Å². The molecule has 4 nitrogen and oxygen atoms in total. The molecule has 2 N–H and O–H groups in total. The lowest BCUT2D eigenvalue weighted by Crippen LogP contribution is -2.33. The van der Waals surface area contributed by atoms with Crippen LogP contribution < -0.4 is 10.0 Å². The zero-order chi connectivity index (χ0) is 13.1. The van der Waals surface area contributed by atoms with Crippen molar-refractivity contribution in [2.75, 3.05) is 18.3 Å². The lowest BCUT2D eigenvalue weighted by atomic mass is 10.3. The van der Waals surface area contributed by atoms with Crippen molar-refractivity contribution in [1.29, 1.82) is 0 Å². The van der Waals surface area contributed by atoms with E-state index in [4.69, 9.17) is 0 Å². The first-order chi connectivity index (χ1) is 7.86. The maximum absolute atomic E-state index is 12.0. The van der Waals surface area contributed by atoms with Crippen molar-refractivity contribution in [3.8, 4) is 0 Å². The maximum atomic E-state index is 12.0. The van der Waals surface area contributed by atoms with Crippen molar-refractivity contribution in [2.45, 2.75) is 12.2 Å². The van der Waals surface area contributed by atoms with Gasteiger partial charge < -0.3 is 5.32 Å². The summed E-state index contributed by atoms with van der Waals surface area (Å²) in [5.74, 6) is 0. The number of nitrogens with one attached hydrogen (secondary N) is 2. The Kier molecular flexibility index (Phi) is 5.68. The van der Waals surface area contributed by atoms with Crippen LogP contribution in [0.1, 0.15) is 6.92 Å². The van der Waals surface area contributed by atoms with Crippen LogP contribution in [-0.2, 0) is 10.0 Å². The zero-order valence-corrected chi connectivity index (χ0v) is 14.1. The summed E-state index contributed by atoms with van der Waals surface area (Å²) in [6.45, 7) is 2.08. The zero-order valence-electron chi connectivity index (χ0n) is 9.50. The van der Waals surface area contributed by atoms with Gasteiger partial charge in [-0.2, -0.15) is 0 Å². The van der Waals surface area contributed by atoms with Crippen molar-refractivity contribution in [3.63, 3.8) is 0 Å². The minimum atomic E-state index is -3.36. The summed E-state index contributed by atoms with van der Waals surface area (Å²) in [5, 5.41) is 2.36. The van der Waals surface area contributed by atoms with Crippen LogP contribution in [-0.4, -0.2) is 27.3 Å². The van der Waals surface area contributed by atoms with Crippen LogP contribution in [0.4, 0.5) is 5.69 Å². The van der Waals surface area contributed by atoms with Crippen LogP contribution in [0.25, 0.3) is 0 Å². The van der Waals surface area contributed by atoms with Crippen molar-refractivity contribution in [3.05, 3.63) is 26.2 Å². The summed E-state index contributed by atoms with van der Waals surface area (Å²) >= 11 is 5.46. The topological polar surface area (TPSA) is 58.2 Å². The largest absolute Gasteiger partial charge is 0.318 e. The van der Waals surface area contributed by atoms with E-state index in [1.807, 2.05) is 12.1 Å². The fraction of sp³-hybridized carbons (Fsp3) is 0.400. The number of halogens is 2. The van der Waals surface area contributed by atoms with E-state index < -0.39 is 15.3 Å². The molecule has 1 aromatic rings. The Morgan fingerprint density at radius 2 is 2.12 bits per heavy atom. The highest BCUT2D eigenvalue weighted by Gasteiger charge is 2.20. The summed E-state index contributed by atoms with van der Waals surface area (Å²) < 4.78 is 28.3. The third-order valence-electron chi connectivity index (χ3n) is 2.20. The highest BCUT2D eigenvalue weighted by atomic mass is 127. The molecule has 0 amide bonds. The molecule has 0 spiro atoms. The SMILES string of the molecule is CNCC(C)S(=O)(=O)Nc1cc(I)ccc1Br. The molecule has 0 fully saturated rings. The van der Waals surface area contributed by atoms with Gasteiger partial charge in [-0.25, -0.2) is 8.42 Å². The van der Waals surface area contributed by atoms with E-state index in [9.17, 15) is 8.42 Å². The molecule has 1 atom stereocenters. The molecule has 17 heavy (non-hydrogen) atoms. The molecule has 96 valence electrons. The van der Waals surface area contributed by atoms with Gasteiger partial charge in [0.15, 0.2) is 0 Å². The fourth-order valence-corrected chi connectivity index (χ4v) is 3.26. The third kappa shape index (κ3) is 4.38. The Labute approximate surface area is 124 Å². The number of hydrogen-bond acceptors (Lipinski definition) is 3. The first-order valence-corrected chi connectivity index (χ1v) is 8.40. The predicted molar refractivity (Wildman–Crippen MR) is 82.8 cm³/mol. The Morgan fingerprint density at radius 3 is 2.71 bits per heavy atom. The molecule has 0 bridgehead atoms. The standard InChI is InChI=1S/C10H14BrIN2O2S/c1-7(6-13-2)17(15,16)14-10-5-8(12)3-4-9(10)11/h3-5,7,13-14H,6H2,1-2H3. The van der Waals surface area contributed by atoms with E-state index in [-0.39, 0.29) is 0 Å². The lowest BCUT2D eigenvalue weighted by molar-refractivity contribution is 0.583. The molecule has 0 aliphatic carbocycles. The molecule has 0 saturated carbocycles. The third-order valence-corrected chi connectivity index (χ3v) is 5.29. The summed E-state index contributed by atoms with van der Waals surface area (Å²) in [5.41, 5.74) is 0.569. The summed E-state index contributed by atoms with van der Waals surface area (Å²) in [6.07, 6.45) is 0. The van der Waals surface area contributed by atoms with Gasteiger partial charge in [0, 0.05) is 14.6 Å². The maximum Gasteiger partial charge on any atom is 0.236 e. The van der Waals surface area contributed by atoms with E-state index in [0.717, 1.165) is 8.04 Å². The van der Waals surface area contributed by atoms with Crippen molar-refractivity contribution < 1.29 is 8.42 Å². The minimum absolute atomic E-state index is 0.414. The fourth-order valence-electron chi connectivity index (χ4n) is 1.23. The van der Waals surface area contributed by atoms with Crippen LogP contribution >= 0.6 is 38.5 Å². The van der Waals surface area contributed by atoms with E-state index >= 15 is 0 Å². The highest BCUT2D eigenvalue weighted by Crippen LogP contribution is 2.25. The number of anilines is 1. The summed E-state index contributed by atoms with van der Waals surface area (Å²) in [7, 11) is -1.63. The number of rotatable bonds is 5. The number of sulfonamides is 1. The average molecular weight is 433 g/mol. The van der Waals surface area contributed by atoms with Gasteiger partial charge in [-0.15, -0.1) is 0 Å². The molecule has 0 aromatic heterocycles. The first-order valence-electron chi connectivity index (χ1n) is 4.98. The summed E-state index contributed by atoms with van der Waals surface area (Å²) in [6, 6.07) is 5.51. The summed E-state index contributed by atoms with van der Waals surface area (Å²) in [4.78, 5) is 0. The van der Waals surface area contributed by atoms with Gasteiger partial charge in [0.2, 0.25) is 10.0 Å². The molecule has 1 rings (SSSR count). The van der Waals surface area contributed by atoms with Crippen LogP contribution in [0.15, 0.2) is 22.7 Å². The molecular formula is C10H14BrIN2O2S. The number of benzene rings is 1. The van der Waals surface area contributed by atoms with E-state index in [1.54, 1.807) is 20.0 Å². The highest BCUT2D eigenvalue weighted by molar-refractivity contribution is 14.1. The average Bonchev–Trinajstić information content (AvgIpc) is 2.23. The van der Waals surface area contributed by atoms with Gasteiger partial charge in [-0.1, -0.05) is 0 Å². The van der Waals surface area contributed by atoms with Crippen molar-refractivity contribution in [2.24, 2.45) is 0 Å². The lowest BCUT2D eigenvalue weighted by Gasteiger charge is -2.15. The quantitative estimate of drug-likeness (QED) is 0.702. The monoisotopic (exact) mass is 432 g/mol. The molecule has 7 heteroatoms. The minimum Gasteiger partial charge on any atom is -0.318 e. The molecule has 1 aromatic carbocycles. The Bertz CT molecular complexity index is 493. The van der Waals surface area contributed by atoms with Gasteiger partial charge in [0.1, 0.15) is 0 Å². The Morgan fingerprint density at radius 1 is 1.47 bits per heavy atom. The second-order valence-electron chi connectivity index (χ2n) is 3.64. The Balaban J connectivity index is 2.94. The van der Waals surface area contributed by atoms with Crippen molar-refractivity contribution in [1.82, 2.24) is 5.32 Å². The van der Waals surface area contributed by atoms with Crippen LogP contribution in [0.3, 0.4) is 0 Å². The van der Waals surface area contributed by atoms with E-state index in [0.29, 0.717) is 12.2 Å². The molecule has 0 saturated heterocycles. The molecule has 0 radical (unpaired) electrons. The molecule has 0 heterocycles. The Hall–Kier alpha value is 0.140. The smallest absolute Gasteiger partial charge is 0.236 e. The molecule has 1 unspecified atom stereocenters. The van der Waals surface area contributed by atoms with Gasteiger partial charge in [-0.3, -0.25) is 4.72 Å². The van der Waals surface area contributed by atoms with Gasteiger partial charge >= 0.3 is 0 Å². The van der Waals surface area contributed by atoms with Gasteiger partial charge in [0.05, 0.1) is 10.9 Å².